The molecule has 0 aromatic heterocycles. The van der Waals surface area contributed by atoms with Crippen LogP contribution in [0.1, 0.15) is 290 Å². The molecule has 0 spiro atoms. The fraction of sp³-hybridized carbons (Fsp3) is 0.723. The highest BCUT2D eigenvalue weighted by Gasteiger charge is 2.51. The van der Waals surface area contributed by atoms with Crippen molar-refractivity contribution in [1.29, 1.82) is 0 Å². The van der Waals surface area contributed by atoms with Crippen LogP contribution in [-0.4, -0.2) is 140 Å². The number of allylic oxidation sites excluding steroid dienone is 21. The second-order valence-electron chi connectivity index (χ2n) is 26.7. The predicted octanol–water partition coefficient (Wildman–Crippen LogP) is 17.4. The van der Waals surface area contributed by atoms with E-state index < -0.39 is 86.8 Å². The van der Waals surface area contributed by atoms with Crippen molar-refractivity contribution in [3.63, 3.8) is 0 Å². The van der Waals surface area contributed by atoms with Gasteiger partial charge in [-0.15, -0.1) is 0 Å². The Morgan fingerprint density at radius 2 is 0.722 bits per heavy atom. The summed E-state index contributed by atoms with van der Waals surface area (Å²) in [4.78, 5) is 13.4. The van der Waals surface area contributed by atoms with E-state index in [1.807, 2.05) is 6.08 Å². The van der Waals surface area contributed by atoms with E-state index in [0.717, 1.165) is 103 Å². The summed E-state index contributed by atoms with van der Waals surface area (Å²) < 4.78 is 22.9. The van der Waals surface area contributed by atoms with Crippen molar-refractivity contribution in [2.75, 3.05) is 19.8 Å². The van der Waals surface area contributed by atoms with Gasteiger partial charge >= 0.3 is 0 Å². The first-order valence-electron chi connectivity index (χ1n) is 38.9. The average molecular weight is 1360 g/mol. The number of carbonyl (C=O) groups excluding carboxylic acids is 1. The third-order valence-electron chi connectivity index (χ3n) is 18.1. The number of aliphatic hydroxyl groups is 8. The van der Waals surface area contributed by atoms with Gasteiger partial charge in [-0.1, -0.05) is 314 Å². The molecule has 14 nitrogen and oxygen atoms in total. The summed E-state index contributed by atoms with van der Waals surface area (Å²) in [6.07, 6.45) is 80.9. The van der Waals surface area contributed by atoms with Crippen molar-refractivity contribution >= 4 is 5.91 Å². The zero-order valence-corrected chi connectivity index (χ0v) is 60.8. The Hall–Kier alpha value is -3.87. The zero-order chi connectivity index (χ0) is 70.1. The highest BCUT2D eigenvalue weighted by molar-refractivity contribution is 5.76. The number of unbranched alkanes of at least 4 members (excludes halogenated alkanes) is 30. The number of hydrogen-bond donors (Lipinski definition) is 9. The van der Waals surface area contributed by atoms with Crippen LogP contribution in [0, 0.1) is 0 Å². The van der Waals surface area contributed by atoms with Gasteiger partial charge in [0.05, 0.1) is 32.0 Å². The molecule has 0 bridgehead atoms. The van der Waals surface area contributed by atoms with Crippen LogP contribution < -0.4 is 5.32 Å². The molecule has 2 rings (SSSR count). The van der Waals surface area contributed by atoms with Gasteiger partial charge in [0.2, 0.25) is 5.91 Å². The summed E-state index contributed by atoms with van der Waals surface area (Å²) in [5, 5.41) is 87.6. The van der Waals surface area contributed by atoms with Crippen LogP contribution in [0.2, 0.25) is 0 Å². The third kappa shape index (κ3) is 48.6. The Balaban J connectivity index is 1.68. The van der Waals surface area contributed by atoms with E-state index in [-0.39, 0.29) is 18.9 Å². The van der Waals surface area contributed by atoms with Crippen molar-refractivity contribution < 1.29 is 64.6 Å². The minimum absolute atomic E-state index is 0.242. The smallest absolute Gasteiger partial charge is 0.220 e. The van der Waals surface area contributed by atoms with E-state index >= 15 is 0 Å². The highest BCUT2D eigenvalue weighted by atomic mass is 16.7. The monoisotopic (exact) mass is 1360 g/mol. The molecule has 2 saturated heterocycles. The molecular formula is C83H141NO13. The molecule has 0 saturated carbocycles. The number of carbonyl (C=O) groups is 1. The van der Waals surface area contributed by atoms with E-state index in [2.05, 4.69) is 141 Å². The standard InChI is InChI=1S/C83H141NO13/c1-3-5-7-9-11-13-15-17-19-21-23-25-27-29-31-33-35-36-37-39-41-43-45-47-49-51-53-55-57-59-61-63-65-67-75(88)84-71(70-94-82-80(93)78(91)81(74(69-86)96-82)97-83-79(92)77(90)76(89)73(68-85)95-83)72(87)66-64-62-60-58-56-54-52-50-48-46-44-42-40-38-34-32-30-28-26-24-22-20-18-16-14-12-10-8-6-4-2/h5,7,11,13,17,19,23,25,29,31,35-36,39,41,45,47,51,53,56,58,64,66,71-74,76-83,85-87,89-93H,3-4,6,8-10,12,14-16,18,20-22,24,26-28,30,32-34,37-38,40,42-44,46,48-50,52,54-55,57,59-63,65,67-70H2,1-2H3,(H,84,88)/b7-5-,13-11-,19-17-,25-23-,31-29-,36-35-,41-39-,47-45-,53-51-,58-56+,66-64+. The van der Waals surface area contributed by atoms with Crippen molar-refractivity contribution in [3.05, 3.63) is 134 Å². The molecule has 0 radical (unpaired) electrons. The molecule has 9 N–H and O–H groups in total. The molecule has 2 heterocycles. The van der Waals surface area contributed by atoms with E-state index in [4.69, 9.17) is 18.9 Å². The SMILES string of the molecule is CC/C=C\C/C=C\C/C=C\C/C=C\C/C=C\C/C=C\C/C=C\C/C=C\C/C=C\CCCCCCCC(=O)NC(COC1OC(CO)C(OC2OC(CO)C(O)C(O)C2O)C(O)C1O)C(O)/C=C/CC/C=C/CCCCCCCCCCCCCCCCCCCCCCCCCC. The topological polar surface area (TPSA) is 228 Å². The number of amides is 1. The lowest BCUT2D eigenvalue weighted by atomic mass is 9.97. The molecule has 556 valence electrons. The lowest BCUT2D eigenvalue weighted by Gasteiger charge is -2.46. The Morgan fingerprint density at radius 3 is 1.13 bits per heavy atom. The molecular weight excluding hydrogens is 1220 g/mol. The molecule has 14 heteroatoms. The highest BCUT2D eigenvalue weighted by Crippen LogP contribution is 2.30. The van der Waals surface area contributed by atoms with Crippen LogP contribution in [0.15, 0.2) is 134 Å². The first-order chi connectivity index (χ1) is 47.6. The van der Waals surface area contributed by atoms with Gasteiger partial charge in [0.15, 0.2) is 12.6 Å². The van der Waals surface area contributed by atoms with E-state index in [0.29, 0.717) is 12.8 Å². The first-order valence-corrected chi connectivity index (χ1v) is 38.9. The Bertz CT molecular complexity index is 2140. The lowest BCUT2D eigenvalue weighted by Crippen LogP contribution is -2.65. The van der Waals surface area contributed by atoms with Crippen molar-refractivity contribution in [1.82, 2.24) is 5.32 Å². The molecule has 2 fully saturated rings. The second kappa shape index (κ2) is 65.4. The molecule has 97 heavy (non-hydrogen) atoms. The first kappa shape index (κ1) is 89.2. The minimum Gasteiger partial charge on any atom is -0.394 e. The van der Waals surface area contributed by atoms with Crippen molar-refractivity contribution in [3.8, 4) is 0 Å². The lowest BCUT2D eigenvalue weighted by molar-refractivity contribution is -0.359. The number of nitrogens with one attached hydrogen (secondary N) is 1. The van der Waals surface area contributed by atoms with Gasteiger partial charge < -0.3 is 65.1 Å². The van der Waals surface area contributed by atoms with E-state index in [1.54, 1.807) is 6.08 Å². The fourth-order valence-electron chi connectivity index (χ4n) is 11.9. The van der Waals surface area contributed by atoms with Crippen LogP contribution in [0.5, 0.6) is 0 Å². The molecule has 1 amide bonds. The van der Waals surface area contributed by atoms with Gasteiger partial charge in [0.25, 0.3) is 0 Å². The minimum atomic E-state index is -1.80. The van der Waals surface area contributed by atoms with E-state index in [1.165, 1.54) is 154 Å². The third-order valence-corrected chi connectivity index (χ3v) is 18.1. The molecule has 0 aromatic carbocycles. The Labute approximate surface area is 590 Å². The van der Waals surface area contributed by atoms with Gasteiger partial charge in [-0.2, -0.15) is 0 Å². The summed E-state index contributed by atoms with van der Waals surface area (Å²) in [6.45, 7) is 2.68. The van der Waals surface area contributed by atoms with Crippen LogP contribution in [-0.2, 0) is 23.7 Å². The maximum atomic E-state index is 13.4. The van der Waals surface area contributed by atoms with Crippen LogP contribution in [0.3, 0.4) is 0 Å². The summed E-state index contributed by atoms with van der Waals surface area (Å²) >= 11 is 0. The average Bonchev–Trinajstić information content (AvgIpc) is 0.794. The van der Waals surface area contributed by atoms with Gasteiger partial charge in [-0.3, -0.25) is 4.79 Å². The van der Waals surface area contributed by atoms with Gasteiger partial charge in [0, 0.05) is 6.42 Å². The van der Waals surface area contributed by atoms with Gasteiger partial charge in [-0.25, -0.2) is 0 Å². The zero-order valence-electron chi connectivity index (χ0n) is 60.8. The maximum Gasteiger partial charge on any atom is 0.220 e. The Kier molecular flexibility index (Phi) is 60.2. The molecule has 12 atom stereocenters. The molecule has 2 aliphatic heterocycles. The number of rotatable bonds is 63. The summed E-state index contributed by atoms with van der Waals surface area (Å²) in [6, 6.07) is -0.955. The quantitative estimate of drug-likeness (QED) is 0.0204. The normalized spacial score (nSPS) is 22.9. The van der Waals surface area contributed by atoms with Crippen molar-refractivity contribution in [2.24, 2.45) is 0 Å². The largest absolute Gasteiger partial charge is 0.394 e. The van der Waals surface area contributed by atoms with Crippen LogP contribution >= 0.6 is 0 Å². The fourth-order valence-corrected chi connectivity index (χ4v) is 11.9. The second-order valence-corrected chi connectivity index (χ2v) is 26.7. The number of aliphatic hydroxyl groups excluding tert-OH is 8. The maximum absolute atomic E-state index is 13.4. The summed E-state index contributed by atoms with van der Waals surface area (Å²) in [5.41, 5.74) is 0. The number of ether oxygens (including phenoxy) is 4. The molecule has 12 unspecified atom stereocenters. The van der Waals surface area contributed by atoms with E-state index in [9.17, 15) is 45.6 Å². The van der Waals surface area contributed by atoms with Crippen LogP contribution in [0.25, 0.3) is 0 Å². The molecule has 0 aromatic rings. The van der Waals surface area contributed by atoms with Gasteiger partial charge in [0.1, 0.15) is 48.8 Å². The predicted molar refractivity (Wildman–Crippen MR) is 401 cm³/mol. The molecule has 0 aliphatic carbocycles. The van der Waals surface area contributed by atoms with Crippen LogP contribution in [0.4, 0.5) is 0 Å². The molecule has 2 aliphatic rings. The number of hydrogen-bond acceptors (Lipinski definition) is 13. The summed E-state index contributed by atoms with van der Waals surface area (Å²) in [7, 11) is 0. The van der Waals surface area contributed by atoms with Crippen molar-refractivity contribution in [2.45, 2.75) is 364 Å². The van der Waals surface area contributed by atoms with Gasteiger partial charge in [-0.05, 0) is 103 Å². The Morgan fingerprint density at radius 1 is 0.381 bits per heavy atom. The summed E-state index contributed by atoms with van der Waals surface area (Å²) in [5.74, 6) is -0.271.